The Balaban J connectivity index is 1.35. The van der Waals surface area contributed by atoms with E-state index in [9.17, 15) is 4.79 Å². The first-order valence-electron chi connectivity index (χ1n) is 10.2. The van der Waals surface area contributed by atoms with Crippen LogP contribution < -0.4 is 5.32 Å². The molecule has 0 unspecified atom stereocenters. The predicted molar refractivity (Wildman–Crippen MR) is 116 cm³/mol. The number of anilines is 1. The van der Waals surface area contributed by atoms with Crippen molar-refractivity contribution in [3.63, 3.8) is 0 Å². The number of fused-ring (bicyclic) bond motifs is 1. The summed E-state index contributed by atoms with van der Waals surface area (Å²) < 4.78 is 5.38. The van der Waals surface area contributed by atoms with Crippen LogP contribution in [0.4, 0.5) is 5.82 Å². The summed E-state index contributed by atoms with van der Waals surface area (Å²) in [6, 6.07) is 15.7. The summed E-state index contributed by atoms with van der Waals surface area (Å²) in [6.45, 7) is 3.15. The highest BCUT2D eigenvalue weighted by atomic mass is 16.3. The minimum atomic E-state index is -0.156. The number of carbonyl (C=O) groups is 1. The first-order valence-corrected chi connectivity index (χ1v) is 10.2. The molecule has 0 bridgehead atoms. The zero-order valence-corrected chi connectivity index (χ0v) is 16.5. The lowest BCUT2D eigenvalue weighted by Gasteiger charge is -2.15. The molecule has 1 aliphatic rings. The molecule has 4 aromatic rings. The highest BCUT2D eigenvalue weighted by molar-refractivity contribution is 6.04. The van der Waals surface area contributed by atoms with E-state index in [1.165, 1.54) is 19.2 Å². The molecule has 0 aliphatic carbocycles. The molecule has 5 rings (SSSR count). The molecule has 2 aromatic carbocycles. The van der Waals surface area contributed by atoms with E-state index in [4.69, 9.17) is 4.42 Å². The van der Waals surface area contributed by atoms with Gasteiger partial charge in [0.25, 0.3) is 5.91 Å². The van der Waals surface area contributed by atoms with Crippen LogP contribution in [0.25, 0.3) is 22.1 Å². The summed E-state index contributed by atoms with van der Waals surface area (Å²) >= 11 is 0. The Morgan fingerprint density at radius 1 is 1.03 bits per heavy atom. The van der Waals surface area contributed by atoms with Crippen molar-refractivity contribution in [2.45, 2.75) is 19.4 Å². The smallest absolute Gasteiger partial charge is 0.256 e. The average Bonchev–Trinajstić information content (AvgIpc) is 3.48. The number of rotatable bonds is 5. The van der Waals surface area contributed by atoms with E-state index in [1.54, 1.807) is 12.4 Å². The zero-order chi connectivity index (χ0) is 20.3. The summed E-state index contributed by atoms with van der Waals surface area (Å²) in [4.78, 5) is 23.6. The van der Waals surface area contributed by atoms with Gasteiger partial charge in [-0.25, -0.2) is 9.97 Å². The van der Waals surface area contributed by atoms with Gasteiger partial charge >= 0.3 is 0 Å². The van der Waals surface area contributed by atoms with Gasteiger partial charge in [-0.1, -0.05) is 24.3 Å². The Kier molecular flexibility index (Phi) is 4.99. The normalized spacial score (nSPS) is 14.3. The van der Waals surface area contributed by atoms with Crippen molar-refractivity contribution in [3.8, 4) is 11.3 Å². The SMILES string of the molecule is O=C(Nc1cc2cc(-c3cnco3)ccc2cn1)c1cccc(CN2CCCC2)c1. The predicted octanol–water partition coefficient (Wildman–Crippen LogP) is 4.74. The second kappa shape index (κ2) is 8.08. The lowest BCUT2D eigenvalue weighted by atomic mass is 10.1. The Bertz CT molecular complexity index is 1180. The van der Waals surface area contributed by atoms with Crippen LogP contribution in [-0.4, -0.2) is 33.9 Å². The minimum absolute atomic E-state index is 0.156. The Hall–Kier alpha value is -3.51. The molecule has 2 aromatic heterocycles. The van der Waals surface area contributed by atoms with Gasteiger partial charge in [-0.05, 0) is 61.1 Å². The number of aromatic nitrogens is 2. The average molecular weight is 398 g/mol. The Morgan fingerprint density at radius 3 is 2.77 bits per heavy atom. The van der Waals surface area contributed by atoms with Gasteiger partial charge in [0.1, 0.15) is 5.82 Å². The number of carbonyl (C=O) groups excluding carboxylic acids is 1. The maximum absolute atomic E-state index is 12.8. The summed E-state index contributed by atoms with van der Waals surface area (Å²) in [6.07, 6.45) is 7.37. The number of pyridine rings is 1. The van der Waals surface area contributed by atoms with E-state index < -0.39 is 0 Å². The van der Waals surface area contributed by atoms with Gasteiger partial charge in [-0.3, -0.25) is 9.69 Å². The number of oxazole rings is 1. The van der Waals surface area contributed by atoms with Gasteiger partial charge in [0.05, 0.1) is 6.20 Å². The van der Waals surface area contributed by atoms with Crippen molar-refractivity contribution < 1.29 is 9.21 Å². The minimum Gasteiger partial charge on any atom is -0.444 e. The van der Waals surface area contributed by atoms with Crippen LogP contribution >= 0.6 is 0 Å². The molecule has 1 saturated heterocycles. The largest absolute Gasteiger partial charge is 0.444 e. The number of likely N-dealkylation sites (tertiary alicyclic amines) is 1. The molecule has 1 fully saturated rings. The molecule has 6 nitrogen and oxygen atoms in total. The fourth-order valence-corrected chi connectivity index (χ4v) is 3.92. The number of amides is 1. The fourth-order valence-electron chi connectivity index (χ4n) is 3.92. The number of hydrogen-bond donors (Lipinski definition) is 1. The van der Waals surface area contributed by atoms with Gasteiger partial charge in [0.15, 0.2) is 12.2 Å². The molecular formula is C24H22N4O2. The van der Waals surface area contributed by atoms with Crippen LogP contribution in [0, 0.1) is 0 Å². The number of benzene rings is 2. The van der Waals surface area contributed by atoms with Crippen LogP contribution in [0.15, 0.2) is 71.7 Å². The summed E-state index contributed by atoms with van der Waals surface area (Å²) in [7, 11) is 0. The number of nitrogens with zero attached hydrogens (tertiary/aromatic N) is 3. The molecule has 1 amide bonds. The van der Waals surface area contributed by atoms with E-state index in [0.717, 1.165) is 41.5 Å². The molecule has 3 heterocycles. The molecule has 1 N–H and O–H groups in total. The topological polar surface area (TPSA) is 71.3 Å². The molecule has 0 radical (unpaired) electrons. The fraction of sp³-hybridized carbons (Fsp3) is 0.208. The Morgan fingerprint density at radius 2 is 1.93 bits per heavy atom. The first kappa shape index (κ1) is 18.5. The van der Waals surface area contributed by atoms with Gasteiger partial charge < -0.3 is 9.73 Å². The van der Waals surface area contributed by atoms with Gasteiger partial charge in [0.2, 0.25) is 0 Å². The molecule has 150 valence electrons. The maximum atomic E-state index is 12.8. The molecule has 0 spiro atoms. The third-order valence-electron chi connectivity index (χ3n) is 5.47. The molecule has 1 aliphatic heterocycles. The Labute approximate surface area is 174 Å². The summed E-state index contributed by atoms with van der Waals surface area (Å²) in [5, 5.41) is 4.89. The monoisotopic (exact) mass is 398 g/mol. The number of hydrogen-bond acceptors (Lipinski definition) is 5. The molecule has 0 atom stereocenters. The lowest BCUT2D eigenvalue weighted by molar-refractivity contribution is 0.102. The highest BCUT2D eigenvalue weighted by Crippen LogP contribution is 2.25. The van der Waals surface area contributed by atoms with Crippen molar-refractivity contribution in [3.05, 3.63) is 78.4 Å². The van der Waals surface area contributed by atoms with E-state index >= 15 is 0 Å². The molecule has 6 heteroatoms. The second-order valence-corrected chi connectivity index (χ2v) is 7.63. The molecular weight excluding hydrogens is 376 g/mol. The third-order valence-corrected chi connectivity index (χ3v) is 5.47. The van der Waals surface area contributed by atoms with E-state index in [1.807, 2.05) is 42.5 Å². The van der Waals surface area contributed by atoms with Crippen LogP contribution in [-0.2, 0) is 6.54 Å². The third kappa shape index (κ3) is 3.95. The highest BCUT2D eigenvalue weighted by Gasteiger charge is 2.13. The van der Waals surface area contributed by atoms with E-state index in [0.29, 0.717) is 17.1 Å². The van der Waals surface area contributed by atoms with E-state index in [2.05, 4.69) is 26.3 Å². The molecule has 0 saturated carbocycles. The van der Waals surface area contributed by atoms with Crippen molar-refractivity contribution in [2.24, 2.45) is 0 Å². The van der Waals surface area contributed by atoms with Crippen molar-refractivity contribution in [1.29, 1.82) is 0 Å². The summed E-state index contributed by atoms with van der Waals surface area (Å²) in [5.74, 6) is 1.07. The van der Waals surface area contributed by atoms with Gasteiger partial charge in [-0.2, -0.15) is 0 Å². The van der Waals surface area contributed by atoms with Crippen LogP contribution in [0.3, 0.4) is 0 Å². The second-order valence-electron chi connectivity index (χ2n) is 7.63. The van der Waals surface area contributed by atoms with Crippen LogP contribution in [0.2, 0.25) is 0 Å². The maximum Gasteiger partial charge on any atom is 0.256 e. The first-order chi connectivity index (χ1) is 14.7. The standard InChI is InChI=1S/C24H22N4O2/c29-24(19-5-3-4-17(10-19)15-28-8-1-2-9-28)27-23-12-21-11-18(22-14-25-16-30-22)6-7-20(21)13-26-23/h3-7,10-14,16H,1-2,8-9,15H2,(H,26,27,29). The van der Waals surface area contributed by atoms with Gasteiger partial charge in [-0.15, -0.1) is 0 Å². The van der Waals surface area contributed by atoms with Crippen molar-refractivity contribution >= 4 is 22.5 Å². The lowest BCUT2D eigenvalue weighted by Crippen LogP contribution is -2.19. The summed E-state index contributed by atoms with van der Waals surface area (Å²) in [5.41, 5.74) is 2.73. The quantitative estimate of drug-likeness (QED) is 0.526. The molecule has 30 heavy (non-hydrogen) atoms. The van der Waals surface area contributed by atoms with Gasteiger partial charge in [0, 0.05) is 29.3 Å². The van der Waals surface area contributed by atoms with Crippen LogP contribution in [0.1, 0.15) is 28.8 Å². The zero-order valence-electron chi connectivity index (χ0n) is 16.5. The number of nitrogens with one attached hydrogen (secondary N) is 1. The van der Waals surface area contributed by atoms with Crippen LogP contribution in [0.5, 0.6) is 0 Å². The van der Waals surface area contributed by atoms with Crippen molar-refractivity contribution in [1.82, 2.24) is 14.9 Å². The van der Waals surface area contributed by atoms with Crippen molar-refractivity contribution in [2.75, 3.05) is 18.4 Å². The van der Waals surface area contributed by atoms with E-state index in [-0.39, 0.29) is 5.91 Å².